The second-order valence-electron chi connectivity index (χ2n) is 6.01. The van der Waals surface area contributed by atoms with E-state index in [1.807, 2.05) is 0 Å². The molecule has 0 radical (unpaired) electrons. The molecule has 1 atom stereocenters. The number of carbonyl (C=O) groups is 3. The van der Waals surface area contributed by atoms with E-state index in [0.29, 0.717) is 15.4 Å². The number of benzene rings is 2. The molecule has 0 bridgehead atoms. The lowest BCUT2D eigenvalue weighted by atomic mass is 9.99. The van der Waals surface area contributed by atoms with Crippen molar-refractivity contribution >= 4 is 39.5 Å². The minimum Gasteiger partial charge on any atom is -0.469 e. The summed E-state index contributed by atoms with van der Waals surface area (Å²) in [6.45, 7) is 0. The molecule has 0 N–H and O–H groups in total. The highest BCUT2D eigenvalue weighted by Crippen LogP contribution is 2.41. The second kappa shape index (κ2) is 7.78. The molecule has 0 spiro atoms. The Morgan fingerprint density at radius 2 is 1.86 bits per heavy atom. The lowest BCUT2D eigenvalue weighted by molar-refractivity contribution is -0.166. The number of amides is 1. The zero-order valence-corrected chi connectivity index (χ0v) is 16.8. The van der Waals surface area contributed by atoms with E-state index in [0.717, 1.165) is 26.4 Å². The molecule has 1 aliphatic rings. The van der Waals surface area contributed by atoms with Crippen molar-refractivity contribution in [1.29, 1.82) is 0 Å². The van der Waals surface area contributed by atoms with E-state index in [4.69, 9.17) is 9.47 Å². The van der Waals surface area contributed by atoms with Crippen molar-refractivity contribution in [1.82, 2.24) is 0 Å². The van der Waals surface area contributed by atoms with E-state index in [1.165, 1.54) is 12.1 Å². The second-order valence-corrected chi connectivity index (χ2v) is 6.92. The molecular formula is C19H14BrF2NO6. The molecule has 152 valence electrons. The lowest BCUT2D eigenvalue weighted by Crippen LogP contribution is -2.65. The maximum absolute atomic E-state index is 14.6. The predicted molar refractivity (Wildman–Crippen MR) is 99.3 cm³/mol. The van der Waals surface area contributed by atoms with Crippen LogP contribution in [0.3, 0.4) is 0 Å². The van der Waals surface area contributed by atoms with Crippen molar-refractivity contribution in [3.05, 3.63) is 58.1 Å². The van der Waals surface area contributed by atoms with Crippen molar-refractivity contribution in [2.75, 3.05) is 19.1 Å². The van der Waals surface area contributed by atoms with Gasteiger partial charge >= 0.3 is 11.9 Å². The Bertz CT molecular complexity index is 1010. The summed E-state index contributed by atoms with van der Waals surface area (Å²) in [6, 6.07) is 6.78. The molecule has 0 fully saturated rings. The number of rotatable bonds is 4. The fourth-order valence-electron chi connectivity index (χ4n) is 2.98. The number of ether oxygens (including phenoxy) is 3. The third-order valence-corrected chi connectivity index (χ3v) is 4.77. The Morgan fingerprint density at radius 1 is 1.14 bits per heavy atom. The van der Waals surface area contributed by atoms with Crippen LogP contribution < -0.4 is 9.64 Å². The minimum absolute atomic E-state index is 0.00695. The van der Waals surface area contributed by atoms with Gasteiger partial charge in [-0.05, 0) is 30.3 Å². The number of halogens is 3. The molecule has 3 rings (SSSR count). The number of hydrogen-bond acceptors (Lipinski definition) is 6. The van der Waals surface area contributed by atoms with Crippen LogP contribution in [0.2, 0.25) is 0 Å². The molecule has 10 heteroatoms. The number of nitrogens with zero attached hydrogens (tertiary/aromatic N) is 1. The average molecular weight is 470 g/mol. The number of esters is 2. The first-order valence-corrected chi connectivity index (χ1v) is 8.96. The summed E-state index contributed by atoms with van der Waals surface area (Å²) >= 11 is 3.23. The maximum atomic E-state index is 14.6. The highest BCUT2D eigenvalue weighted by Gasteiger charge is 2.57. The Kier molecular flexibility index (Phi) is 5.56. The van der Waals surface area contributed by atoms with Crippen molar-refractivity contribution in [2.45, 2.75) is 12.1 Å². The third kappa shape index (κ3) is 3.55. The summed E-state index contributed by atoms with van der Waals surface area (Å²) < 4.78 is 43.7. The summed E-state index contributed by atoms with van der Waals surface area (Å²) in [5.74, 6) is -4.97. The summed E-state index contributed by atoms with van der Waals surface area (Å²) in [4.78, 5) is 38.8. The topological polar surface area (TPSA) is 82.1 Å². The zero-order valence-electron chi connectivity index (χ0n) is 15.2. The van der Waals surface area contributed by atoms with Gasteiger partial charge in [-0.3, -0.25) is 14.5 Å². The molecule has 0 saturated carbocycles. The Morgan fingerprint density at radius 3 is 2.48 bits per heavy atom. The molecule has 0 unspecified atom stereocenters. The number of carbonyl (C=O) groups excluding carboxylic acids is 3. The largest absolute Gasteiger partial charge is 0.469 e. The van der Waals surface area contributed by atoms with Gasteiger partial charge in [0.2, 0.25) is 0 Å². The van der Waals surface area contributed by atoms with E-state index >= 15 is 0 Å². The van der Waals surface area contributed by atoms with Crippen molar-refractivity contribution in [2.24, 2.45) is 0 Å². The Balaban J connectivity index is 2.31. The molecule has 1 amide bonds. The lowest BCUT2D eigenvalue weighted by Gasteiger charge is -2.44. The molecule has 7 nitrogen and oxygen atoms in total. The first-order chi connectivity index (χ1) is 13.7. The van der Waals surface area contributed by atoms with Gasteiger partial charge in [0.1, 0.15) is 23.8 Å². The fraction of sp³-hybridized carbons (Fsp3) is 0.211. The summed E-state index contributed by atoms with van der Waals surface area (Å²) in [5.41, 5.74) is -2.89. The van der Waals surface area contributed by atoms with Crippen LogP contribution in [0.5, 0.6) is 5.75 Å². The summed E-state index contributed by atoms with van der Waals surface area (Å²) in [7, 11) is 2.09. The molecule has 0 aromatic heterocycles. The van der Waals surface area contributed by atoms with Crippen molar-refractivity contribution in [3.8, 4) is 5.75 Å². The van der Waals surface area contributed by atoms with Crippen LogP contribution in [0.15, 0.2) is 40.9 Å². The predicted octanol–water partition coefficient (Wildman–Crippen LogP) is 3.20. The molecular weight excluding hydrogens is 456 g/mol. The summed E-state index contributed by atoms with van der Waals surface area (Å²) in [5, 5.41) is 0. The zero-order chi connectivity index (χ0) is 21.3. The van der Waals surface area contributed by atoms with Gasteiger partial charge in [0.15, 0.2) is 0 Å². The van der Waals surface area contributed by atoms with Crippen LogP contribution >= 0.6 is 15.9 Å². The van der Waals surface area contributed by atoms with Crippen LogP contribution in [-0.2, 0) is 19.1 Å². The van der Waals surface area contributed by atoms with Crippen LogP contribution in [-0.4, -0.2) is 37.8 Å². The SMILES string of the molecule is COC(=O)C[C@]1(C(=O)OC)Oc2ccc(Br)cc2C(=O)N1c1ccc(F)cc1F. The van der Waals surface area contributed by atoms with Crippen molar-refractivity contribution < 1.29 is 37.4 Å². The molecule has 0 saturated heterocycles. The fourth-order valence-corrected chi connectivity index (χ4v) is 3.35. The number of methoxy groups -OCH3 is 2. The molecule has 1 aliphatic heterocycles. The van der Waals surface area contributed by atoms with Gasteiger partial charge in [-0.2, -0.15) is 0 Å². The molecule has 2 aromatic rings. The van der Waals surface area contributed by atoms with E-state index in [2.05, 4.69) is 20.7 Å². The molecule has 2 aromatic carbocycles. The normalized spacial score (nSPS) is 18.0. The van der Waals surface area contributed by atoms with Gasteiger partial charge < -0.3 is 14.2 Å². The van der Waals surface area contributed by atoms with Gasteiger partial charge in [0.25, 0.3) is 11.6 Å². The number of hydrogen-bond donors (Lipinski definition) is 0. The van der Waals surface area contributed by atoms with Gasteiger partial charge in [0.05, 0.1) is 25.5 Å². The maximum Gasteiger partial charge on any atom is 0.373 e. The van der Waals surface area contributed by atoms with Crippen LogP contribution in [0.4, 0.5) is 14.5 Å². The Labute approximate surface area is 172 Å². The first-order valence-electron chi connectivity index (χ1n) is 8.17. The highest BCUT2D eigenvalue weighted by molar-refractivity contribution is 9.10. The molecule has 29 heavy (non-hydrogen) atoms. The van der Waals surface area contributed by atoms with Gasteiger partial charge in [0, 0.05) is 10.5 Å². The molecule has 1 heterocycles. The standard InChI is InChI=1S/C19H14BrF2NO6/c1-27-16(24)9-19(18(26)28-2)23(14-5-4-11(21)8-13(14)22)17(25)12-7-10(20)3-6-15(12)29-19/h3-8H,9H2,1-2H3/t19-/m1/s1. The monoisotopic (exact) mass is 469 g/mol. The van der Waals surface area contributed by atoms with E-state index in [9.17, 15) is 23.2 Å². The van der Waals surface area contributed by atoms with Crippen LogP contribution in [0, 0.1) is 11.6 Å². The van der Waals surface area contributed by atoms with Gasteiger partial charge in [-0.25, -0.2) is 13.6 Å². The van der Waals surface area contributed by atoms with Gasteiger partial charge in [-0.1, -0.05) is 15.9 Å². The molecule has 0 aliphatic carbocycles. The number of fused-ring (bicyclic) bond motifs is 1. The van der Waals surface area contributed by atoms with Crippen LogP contribution in [0.1, 0.15) is 16.8 Å². The highest BCUT2D eigenvalue weighted by atomic mass is 79.9. The first kappa shape index (κ1) is 20.7. The quantitative estimate of drug-likeness (QED) is 0.639. The van der Waals surface area contributed by atoms with Crippen molar-refractivity contribution in [3.63, 3.8) is 0 Å². The van der Waals surface area contributed by atoms with Gasteiger partial charge in [-0.15, -0.1) is 0 Å². The van der Waals surface area contributed by atoms with Crippen LogP contribution in [0.25, 0.3) is 0 Å². The van der Waals surface area contributed by atoms with E-state index < -0.39 is 47.3 Å². The smallest absolute Gasteiger partial charge is 0.373 e. The number of anilines is 1. The third-order valence-electron chi connectivity index (χ3n) is 4.28. The van der Waals surface area contributed by atoms with E-state index in [-0.39, 0.29) is 11.3 Å². The minimum atomic E-state index is -2.40. The van der Waals surface area contributed by atoms with E-state index in [1.54, 1.807) is 6.07 Å². The average Bonchev–Trinajstić information content (AvgIpc) is 2.69. The summed E-state index contributed by atoms with van der Waals surface area (Å²) in [6.07, 6.45) is -0.797. The Hall–Kier alpha value is -3.01.